The third kappa shape index (κ3) is 4.37. The predicted molar refractivity (Wildman–Crippen MR) is 107 cm³/mol. The van der Waals surface area contributed by atoms with Gasteiger partial charge in [-0.1, -0.05) is 46.3 Å². The van der Waals surface area contributed by atoms with E-state index in [1.807, 2.05) is 55.5 Å². The third-order valence-corrected chi connectivity index (χ3v) is 4.31. The Bertz CT molecular complexity index is 905. The normalized spacial score (nSPS) is 15.5. The second-order valence-electron chi connectivity index (χ2n) is 5.76. The van der Waals surface area contributed by atoms with E-state index in [1.165, 1.54) is 6.20 Å². The standard InChI is InChI=1S/C19H18BrN5O/c1-12-9-14(20)7-8-16(12)22-11-15-17(21)24-19(25-18(15)26)23-10-13-5-3-2-4-6-13/h2-9,11,22H,10H2,1H3,(H3,21,23,24,25,26)/b15-11+. The highest BCUT2D eigenvalue weighted by Crippen LogP contribution is 2.20. The third-order valence-electron chi connectivity index (χ3n) is 3.82. The Morgan fingerprint density at radius 2 is 2.00 bits per heavy atom. The molecule has 26 heavy (non-hydrogen) atoms. The number of halogens is 1. The van der Waals surface area contributed by atoms with Crippen molar-refractivity contribution in [1.29, 1.82) is 5.41 Å². The van der Waals surface area contributed by atoms with Crippen LogP contribution in [-0.2, 0) is 11.3 Å². The number of guanidine groups is 1. The van der Waals surface area contributed by atoms with Crippen LogP contribution in [0.1, 0.15) is 11.1 Å². The SMILES string of the molecule is Cc1cc(Br)ccc1N/C=C1\C(=N)N=C(NCc2ccccc2)NC1=O. The fourth-order valence-electron chi connectivity index (χ4n) is 2.42. The van der Waals surface area contributed by atoms with Crippen LogP contribution in [0, 0.1) is 12.3 Å². The first kappa shape index (κ1) is 17.9. The summed E-state index contributed by atoms with van der Waals surface area (Å²) in [4.78, 5) is 16.4. The number of hydrogen-bond donors (Lipinski definition) is 4. The first-order chi connectivity index (χ1) is 12.5. The van der Waals surface area contributed by atoms with Crippen LogP contribution in [0.3, 0.4) is 0 Å². The summed E-state index contributed by atoms with van der Waals surface area (Å²) in [7, 11) is 0. The molecule has 0 atom stereocenters. The van der Waals surface area contributed by atoms with E-state index in [2.05, 4.69) is 36.9 Å². The second kappa shape index (κ2) is 7.97. The quantitative estimate of drug-likeness (QED) is 0.581. The molecule has 4 N–H and O–H groups in total. The fourth-order valence-corrected chi connectivity index (χ4v) is 2.90. The number of aliphatic imine (C=N–C) groups is 1. The lowest BCUT2D eigenvalue weighted by Crippen LogP contribution is -2.46. The van der Waals surface area contributed by atoms with Crippen LogP contribution in [0.5, 0.6) is 0 Å². The maximum atomic E-state index is 12.3. The molecule has 1 amide bonds. The molecule has 0 aliphatic carbocycles. The van der Waals surface area contributed by atoms with Crippen LogP contribution in [-0.4, -0.2) is 17.7 Å². The first-order valence-electron chi connectivity index (χ1n) is 8.02. The predicted octanol–water partition coefficient (Wildman–Crippen LogP) is 3.31. The zero-order valence-corrected chi connectivity index (χ0v) is 15.7. The van der Waals surface area contributed by atoms with Crippen LogP contribution in [0.15, 0.2) is 69.8 Å². The molecule has 7 heteroatoms. The van der Waals surface area contributed by atoms with Crippen LogP contribution in [0.25, 0.3) is 0 Å². The number of hydrogen-bond acceptors (Lipinski definition) is 4. The van der Waals surface area contributed by atoms with Crippen LogP contribution in [0.2, 0.25) is 0 Å². The maximum Gasteiger partial charge on any atom is 0.263 e. The summed E-state index contributed by atoms with van der Waals surface area (Å²) in [5.41, 5.74) is 3.12. The molecule has 132 valence electrons. The van der Waals surface area contributed by atoms with Crippen molar-refractivity contribution in [3.8, 4) is 0 Å². The number of carbonyl (C=O) groups is 1. The number of aryl methyl sites for hydroxylation is 1. The molecule has 0 fully saturated rings. The van der Waals surface area contributed by atoms with Gasteiger partial charge in [0.1, 0.15) is 0 Å². The summed E-state index contributed by atoms with van der Waals surface area (Å²) in [5, 5.41) is 16.8. The number of rotatable bonds is 4. The number of nitrogens with zero attached hydrogens (tertiary/aromatic N) is 1. The number of carbonyl (C=O) groups excluding carboxylic acids is 1. The van der Waals surface area contributed by atoms with Gasteiger partial charge in [0.15, 0.2) is 5.84 Å². The molecule has 2 aromatic carbocycles. The Morgan fingerprint density at radius 1 is 1.23 bits per heavy atom. The molecule has 0 unspecified atom stereocenters. The Morgan fingerprint density at radius 3 is 2.69 bits per heavy atom. The summed E-state index contributed by atoms with van der Waals surface area (Å²) < 4.78 is 0.982. The molecule has 0 bridgehead atoms. The van der Waals surface area contributed by atoms with Gasteiger partial charge in [-0.3, -0.25) is 15.5 Å². The van der Waals surface area contributed by atoms with E-state index >= 15 is 0 Å². The van der Waals surface area contributed by atoms with Crippen LogP contribution < -0.4 is 16.0 Å². The highest BCUT2D eigenvalue weighted by atomic mass is 79.9. The molecule has 0 spiro atoms. The van der Waals surface area contributed by atoms with Crippen molar-refractivity contribution in [3.63, 3.8) is 0 Å². The number of nitrogens with one attached hydrogen (secondary N) is 4. The van der Waals surface area contributed by atoms with Gasteiger partial charge >= 0.3 is 0 Å². The summed E-state index contributed by atoms with van der Waals surface area (Å²) in [5.74, 6) is -0.185. The van der Waals surface area contributed by atoms with Crippen molar-refractivity contribution in [3.05, 3.63) is 75.9 Å². The molecule has 2 aromatic rings. The number of anilines is 1. The summed E-state index contributed by atoms with van der Waals surface area (Å²) in [6, 6.07) is 15.5. The van der Waals surface area contributed by atoms with Crippen LogP contribution >= 0.6 is 15.9 Å². The molecule has 6 nitrogen and oxygen atoms in total. The Labute approximate surface area is 160 Å². The summed E-state index contributed by atoms with van der Waals surface area (Å²) >= 11 is 3.42. The van der Waals surface area contributed by atoms with Crippen molar-refractivity contribution in [2.24, 2.45) is 4.99 Å². The largest absolute Gasteiger partial charge is 0.361 e. The molecule has 1 heterocycles. The second-order valence-corrected chi connectivity index (χ2v) is 6.68. The minimum atomic E-state index is -0.372. The summed E-state index contributed by atoms with van der Waals surface area (Å²) in [6.45, 7) is 2.48. The average Bonchev–Trinajstić information content (AvgIpc) is 2.62. The average molecular weight is 412 g/mol. The highest BCUT2D eigenvalue weighted by Gasteiger charge is 2.22. The zero-order chi connectivity index (χ0) is 18.5. The topological polar surface area (TPSA) is 89.4 Å². The van der Waals surface area contributed by atoms with Crippen molar-refractivity contribution in [2.45, 2.75) is 13.5 Å². The zero-order valence-electron chi connectivity index (χ0n) is 14.1. The monoisotopic (exact) mass is 411 g/mol. The van der Waals surface area contributed by atoms with E-state index in [-0.39, 0.29) is 23.3 Å². The number of amides is 1. The first-order valence-corrected chi connectivity index (χ1v) is 8.82. The number of amidine groups is 1. The van der Waals surface area contributed by atoms with Gasteiger partial charge < -0.3 is 10.6 Å². The van der Waals surface area contributed by atoms with Gasteiger partial charge in [-0.05, 0) is 36.2 Å². The lowest BCUT2D eigenvalue weighted by atomic mass is 10.2. The van der Waals surface area contributed by atoms with Crippen molar-refractivity contribution < 1.29 is 4.79 Å². The molecule has 0 saturated heterocycles. The fraction of sp³-hybridized carbons (Fsp3) is 0.105. The van der Waals surface area contributed by atoms with Gasteiger partial charge in [0.25, 0.3) is 5.91 Å². The Hall–Kier alpha value is -2.93. The van der Waals surface area contributed by atoms with E-state index in [0.29, 0.717) is 6.54 Å². The highest BCUT2D eigenvalue weighted by molar-refractivity contribution is 9.10. The molecule has 3 rings (SSSR count). The van der Waals surface area contributed by atoms with Gasteiger partial charge in [0.05, 0.1) is 5.57 Å². The molecule has 1 aliphatic rings. The van der Waals surface area contributed by atoms with Crippen LogP contribution in [0.4, 0.5) is 5.69 Å². The van der Waals surface area contributed by atoms with E-state index in [4.69, 9.17) is 5.41 Å². The Balaban J connectivity index is 1.68. The molecule has 1 aliphatic heterocycles. The minimum Gasteiger partial charge on any atom is -0.361 e. The Kier molecular flexibility index (Phi) is 5.48. The molecule has 0 radical (unpaired) electrons. The summed E-state index contributed by atoms with van der Waals surface area (Å²) in [6.07, 6.45) is 1.51. The van der Waals surface area contributed by atoms with E-state index < -0.39 is 0 Å². The van der Waals surface area contributed by atoms with E-state index in [9.17, 15) is 4.79 Å². The van der Waals surface area contributed by atoms with Gasteiger partial charge in [-0.25, -0.2) is 0 Å². The van der Waals surface area contributed by atoms with Crippen molar-refractivity contribution in [2.75, 3.05) is 5.32 Å². The van der Waals surface area contributed by atoms with Crippen molar-refractivity contribution >= 4 is 39.3 Å². The van der Waals surface area contributed by atoms with Gasteiger partial charge in [-0.2, -0.15) is 4.99 Å². The lowest BCUT2D eigenvalue weighted by Gasteiger charge is -2.18. The van der Waals surface area contributed by atoms with Gasteiger partial charge in [-0.15, -0.1) is 0 Å². The van der Waals surface area contributed by atoms with E-state index in [1.54, 1.807) is 0 Å². The molecular formula is C19H18BrN5O. The smallest absolute Gasteiger partial charge is 0.263 e. The lowest BCUT2D eigenvalue weighted by molar-refractivity contribution is -0.115. The molecule has 0 aromatic heterocycles. The van der Waals surface area contributed by atoms with E-state index in [0.717, 1.165) is 21.3 Å². The molecular weight excluding hydrogens is 394 g/mol. The minimum absolute atomic E-state index is 0.0911. The number of benzene rings is 2. The maximum absolute atomic E-state index is 12.3. The van der Waals surface area contributed by atoms with Gasteiger partial charge in [0.2, 0.25) is 5.96 Å². The van der Waals surface area contributed by atoms with Gasteiger partial charge in [0, 0.05) is 22.9 Å². The molecule has 0 saturated carbocycles. The van der Waals surface area contributed by atoms with Crippen molar-refractivity contribution in [1.82, 2.24) is 10.6 Å².